The first-order valence-electron chi connectivity index (χ1n) is 8.09. The second-order valence-electron chi connectivity index (χ2n) is 7.34. The van der Waals surface area contributed by atoms with Crippen LogP contribution in [0, 0.1) is 13.8 Å². The Kier molecular flexibility index (Phi) is 4.82. The molecule has 1 aliphatic carbocycles. The molecule has 1 saturated carbocycles. The first-order valence-corrected chi connectivity index (χ1v) is 8.09. The average molecular weight is 322 g/mol. The zero-order chi connectivity index (χ0) is 17.3. The number of oxazole rings is 1. The monoisotopic (exact) mass is 322 g/mol. The van der Waals surface area contributed by atoms with Gasteiger partial charge in [-0.2, -0.15) is 0 Å². The van der Waals surface area contributed by atoms with Crippen LogP contribution in [-0.4, -0.2) is 28.0 Å². The molecule has 1 heterocycles. The van der Waals surface area contributed by atoms with E-state index in [2.05, 4.69) is 10.3 Å². The lowest BCUT2D eigenvalue weighted by molar-refractivity contribution is -0.156. The standard InChI is InChI=1S/C17H26N2O4/c1-11-14(18-12(2)22-11)15(21)19-17(8-6-7-9-17)10-13(20)23-16(3,4)5/h6-10H2,1-5H3,(H,19,21). The van der Waals surface area contributed by atoms with Crippen molar-refractivity contribution in [3.8, 4) is 0 Å². The normalized spacial score (nSPS) is 17.1. The fourth-order valence-electron chi connectivity index (χ4n) is 3.09. The maximum Gasteiger partial charge on any atom is 0.308 e. The Morgan fingerprint density at radius 1 is 1.26 bits per heavy atom. The van der Waals surface area contributed by atoms with Crippen LogP contribution in [0.25, 0.3) is 0 Å². The fourth-order valence-corrected chi connectivity index (χ4v) is 3.09. The van der Waals surface area contributed by atoms with E-state index in [4.69, 9.17) is 9.15 Å². The Labute approximate surface area is 137 Å². The number of amides is 1. The molecule has 0 radical (unpaired) electrons. The highest BCUT2D eigenvalue weighted by molar-refractivity contribution is 5.94. The van der Waals surface area contributed by atoms with Gasteiger partial charge in [0.1, 0.15) is 11.4 Å². The van der Waals surface area contributed by atoms with Crippen LogP contribution in [0.4, 0.5) is 0 Å². The number of esters is 1. The van der Waals surface area contributed by atoms with Crippen LogP contribution >= 0.6 is 0 Å². The molecule has 1 aliphatic rings. The summed E-state index contributed by atoms with van der Waals surface area (Å²) in [5.41, 5.74) is -0.780. The molecule has 0 spiro atoms. The molecule has 0 unspecified atom stereocenters. The van der Waals surface area contributed by atoms with Crippen molar-refractivity contribution >= 4 is 11.9 Å². The smallest absolute Gasteiger partial charge is 0.308 e. The SMILES string of the molecule is Cc1nc(C(=O)NC2(CC(=O)OC(C)(C)C)CCCC2)c(C)o1. The van der Waals surface area contributed by atoms with Crippen molar-refractivity contribution < 1.29 is 18.7 Å². The summed E-state index contributed by atoms with van der Waals surface area (Å²) in [7, 11) is 0. The molecule has 6 heteroatoms. The number of hydrogen-bond acceptors (Lipinski definition) is 5. The van der Waals surface area contributed by atoms with Crippen molar-refractivity contribution in [2.75, 3.05) is 0 Å². The van der Waals surface area contributed by atoms with Gasteiger partial charge in [-0.3, -0.25) is 9.59 Å². The summed E-state index contributed by atoms with van der Waals surface area (Å²) in [5.74, 6) is 0.378. The van der Waals surface area contributed by atoms with E-state index in [9.17, 15) is 9.59 Å². The van der Waals surface area contributed by atoms with Crippen LogP contribution in [-0.2, 0) is 9.53 Å². The Bertz CT molecular complexity index is 592. The third-order valence-electron chi connectivity index (χ3n) is 3.96. The summed E-state index contributed by atoms with van der Waals surface area (Å²) in [6.45, 7) is 8.94. The van der Waals surface area contributed by atoms with Gasteiger partial charge in [-0.25, -0.2) is 4.98 Å². The zero-order valence-corrected chi connectivity index (χ0v) is 14.6. The average Bonchev–Trinajstić information content (AvgIpc) is 2.93. The molecule has 2 rings (SSSR count). The van der Waals surface area contributed by atoms with Gasteiger partial charge in [0, 0.05) is 6.92 Å². The molecule has 1 N–H and O–H groups in total. The second kappa shape index (κ2) is 6.34. The number of carbonyl (C=O) groups is 2. The molecule has 1 amide bonds. The Balaban J connectivity index is 2.10. The number of rotatable bonds is 4. The summed E-state index contributed by atoms with van der Waals surface area (Å²) in [5, 5.41) is 3.02. The Morgan fingerprint density at radius 3 is 2.35 bits per heavy atom. The molecule has 1 fully saturated rings. The topological polar surface area (TPSA) is 81.4 Å². The lowest BCUT2D eigenvalue weighted by Crippen LogP contribution is -2.48. The van der Waals surface area contributed by atoms with Gasteiger partial charge < -0.3 is 14.5 Å². The Hall–Kier alpha value is -1.85. The van der Waals surface area contributed by atoms with Gasteiger partial charge in [-0.15, -0.1) is 0 Å². The predicted octanol–water partition coefficient (Wildman–Crippen LogP) is 3.07. The van der Waals surface area contributed by atoms with Crippen molar-refractivity contribution in [2.24, 2.45) is 0 Å². The molecule has 6 nitrogen and oxygen atoms in total. The van der Waals surface area contributed by atoms with Gasteiger partial charge in [-0.05, 0) is 40.5 Å². The van der Waals surface area contributed by atoms with Gasteiger partial charge in [0.05, 0.1) is 12.0 Å². The third kappa shape index (κ3) is 4.56. The molecular formula is C17H26N2O4. The highest BCUT2D eigenvalue weighted by atomic mass is 16.6. The highest BCUT2D eigenvalue weighted by Gasteiger charge is 2.39. The lowest BCUT2D eigenvalue weighted by Gasteiger charge is -2.30. The molecule has 128 valence electrons. The van der Waals surface area contributed by atoms with E-state index < -0.39 is 11.1 Å². The van der Waals surface area contributed by atoms with Gasteiger partial charge in [0.15, 0.2) is 11.6 Å². The first kappa shape index (κ1) is 17.5. The first-order chi connectivity index (χ1) is 10.6. The minimum absolute atomic E-state index is 0.186. The number of aromatic nitrogens is 1. The number of aryl methyl sites for hydroxylation is 2. The van der Waals surface area contributed by atoms with Crippen molar-refractivity contribution in [1.29, 1.82) is 0 Å². The molecule has 1 aromatic rings. The predicted molar refractivity (Wildman–Crippen MR) is 85.1 cm³/mol. The minimum atomic E-state index is -0.543. The van der Waals surface area contributed by atoms with Crippen LogP contribution in [0.2, 0.25) is 0 Å². The van der Waals surface area contributed by atoms with Crippen molar-refractivity contribution in [3.05, 3.63) is 17.3 Å². The van der Waals surface area contributed by atoms with Gasteiger partial charge in [0.25, 0.3) is 5.91 Å². The maximum atomic E-state index is 12.5. The highest BCUT2D eigenvalue weighted by Crippen LogP contribution is 2.34. The van der Waals surface area contributed by atoms with Crippen LogP contribution in [0.1, 0.15) is 75.0 Å². The summed E-state index contributed by atoms with van der Waals surface area (Å²) < 4.78 is 10.7. The number of nitrogens with one attached hydrogen (secondary N) is 1. The zero-order valence-electron chi connectivity index (χ0n) is 14.6. The maximum absolute atomic E-state index is 12.5. The lowest BCUT2D eigenvalue weighted by atomic mass is 9.92. The van der Waals surface area contributed by atoms with Gasteiger partial charge in [-0.1, -0.05) is 12.8 Å². The summed E-state index contributed by atoms with van der Waals surface area (Å²) in [4.78, 5) is 28.8. The molecule has 23 heavy (non-hydrogen) atoms. The molecule has 0 aliphatic heterocycles. The quantitative estimate of drug-likeness (QED) is 0.862. The summed E-state index contributed by atoms with van der Waals surface area (Å²) >= 11 is 0. The van der Waals surface area contributed by atoms with E-state index in [0.29, 0.717) is 11.7 Å². The third-order valence-corrected chi connectivity index (χ3v) is 3.96. The fraction of sp³-hybridized carbons (Fsp3) is 0.706. The summed E-state index contributed by atoms with van der Waals surface area (Å²) in [6.07, 6.45) is 3.70. The Morgan fingerprint density at radius 2 is 1.87 bits per heavy atom. The van der Waals surface area contributed by atoms with Gasteiger partial charge >= 0.3 is 5.97 Å². The van der Waals surface area contributed by atoms with Crippen LogP contribution in [0.15, 0.2) is 4.42 Å². The van der Waals surface area contributed by atoms with Crippen molar-refractivity contribution in [2.45, 2.75) is 77.9 Å². The molecular weight excluding hydrogens is 296 g/mol. The molecule has 0 aromatic carbocycles. The van der Waals surface area contributed by atoms with E-state index in [1.165, 1.54) is 0 Å². The number of ether oxygens (including phenoxy) is 1. The number of carbonyl (C=O) groups excluding carboxylic acids is 2. The van der Waals surface area contributed by atoms with Crippen molar-refractivity contribution in [3.63, 3.8) is 0 Å². The van der Waals surface area contributed by atoms with Gasteiger partial charge in [0.2, 0.25) is 0 Å². The van der Waals surface area contributed by atoms with E-state index in [0.717, 1.165) is 25.7 Å². The molecule has 0 bridgehead atoms. The van der Waals surface area contributed by atoms with E-state index in [1.807, 2.05) is 20.8 Å². The van der Waals surface area contributed by atoms with Crippen molar-refractivity contribution in [1.82, 2.24) is 10.3 Å². The molecule has 0 saturated heterocycles. The van der Waals surface area contributed by atoms with E-state index in [1.54, 1.807) is 13.8 Å². The van der Waals surface area contributed by atoms with E-state index >= 15 is 0 Å². The van der Waals surface area contributed by atoms with Crippen LogP contribution in [0.5, 0.6) is 0 Å². The van der Waals surface area contributed by atoms with E-state index in [-0.39, 0.29) is 24.0 Å². The number of nitrogens with zero attached hydrogens (tertiary/aromatic N) is 1. The largest absolute Gasteiger partial charge is 0.460 e. The van der Waals surface area contributed by atoms with Crippen LogP contribution < -0.4 is 5.32 Å². The number of hydrogen-bond donors (Lipinski definition) is 1. The summed E-state index contributed by atoms with van der Waals surface area (Å²) in [6, 6.07) is 0. The molecule has 0 atom stereocenters. The van der Waals surface area contributed by atoms with Crippen LogP contribution in [0.3, 0.4) is 0 Å². The molecule has 1 aromatic heterocycles. The second-order valence-corrected chi connectivity index (χ2v) is 7.34. The minimum Gasteiger partial charge on any atom is -0.460 e.